The fourth-order valence-corrected chi connectivity index (χ4v) is 2.61. The molecule has 6 nitrogen and oxygen atoms in total. The third kappa shape index (κ3) is 5.36. The van der Waals surface area contributed by atoms with Gasteiger partial charge in [0.2, 0.25) is 0 Å². The topological polar surface area (TPSA) is 87.7 Å². The SMILES string of the molecule is COC(CNC(=O)NC1CCCCC1(C)C)CC(=O)O. The number of carboxylic acid groups (broad SMARTS) is 1. The average Bonchev–Trinajstić information content (AvgIpc) is 2.36. The van der Waals surface area contributed by atoms with Crippen molar-refractivity contribution in [1.82, 2.24) is 10.6 Å². The van der Waals surface area contributed by atoms with Crippen LogP contribution in [0.3, 0.4) is 0 Å². The quantitative estimate of drug-likeness (QED) is 0.694. The first-order valence-corrected chi connectivity index (χ1v) is 7.14. The van der Waals surface area contributed by atoms with Gasteiger partial charge < -0.3 is 20.5 Å². The van der Waals surface area contributed by atoms with Crippen molar-refractivity contribution in [2.45, 2.75) is 58.1 Å². The van der Waals surface area contributed by atoms with Crippen LogP contribution in [0.5, 0.6) is 0 Å². The summed E-state index contributed by atoms with van der Waals surface area (Å²) in [5.74, 6) is -0.938. The molecule has 0 bridgehead atoms. The lowest BCUT2D eigenvalue weighted by molar-refractivity contribution is -0.139. The Bertz CT molecular complexity index is 344. The standard InChI is InChI=1S/C14H26N2O4/c1-14(2)7-5-4-6-11(14)16-13(19)15-9-10(20-3)8-12(17)18/h10-11H,4-9H2,1-3H3,(H,17,18)(H2,15,16,19). The maximum absolute atomic E-state index is 11.9. The first-order valence-electron chi connectivity index (χ1n) is 7.14. The summed E-state index contributed by atoms with van der Waals surface area (Å²) in [7, 11) is 1.44. The minimum Gasteiger partial charge on any atom is -0.481 e. The molecule has 2 unspecified atom stereocenters. The molecular weight excluding hydrogens is 260 g/mol. The molecular formula is C14H26N2O4. The van der Waals surface area contributed by atoms with Crippen molar-refractivity contribution in [3.63, 3.8) is 0 Å². The summed E-state index contributed by atoms with van der Waals surface area (Å²) in [6.07, 6.45) is 3.82. The van der Waals surface area contributed by atoms with Gasteiger partial charge in [0.15, 0.2) is 0 Å². The van der Waals surface area contributed by atoms with Gasteiger partial charge in [0.25, 0.3) is 0 Å². The maximum Gasteiger partial charge on any atom is 0.315 e. The molecule has 0 radical (unpaired) electrons. The Balaban J connectivity index is 2.37. The number of ether oxygens (including phenoxy) is 1. The van der Waals surface area contributed by atoms with Gasteiger partial charge in [-0.15, -0.1) is 0 Å². The third-order valence-electron chi connectivity index (χ3n) is 4.04. The van der Waals surface area contributed by atoms with Gasteiger partial charge in [0, 0.05) is 19.7 Å². The molecule has 1 rings (SSSR count). The molecule has 0 aliphatic heterocycles. The number of aliphatic carboxylic acids is 1. The van der Waals surface area contributed by atoms with E-state index in [2.05, 4.69) is 24.5 Å². The van der Waals surface area contributed by atoms with Crippen LogP contribution in [-0.2, 0) is 9.53 Å². The Hall–Kier alpha value is -1.30. The third-order valence-corrected chi connectivity index (χ3v) is 4.04. The van der Waals surface area contributed by atoms with Crippen LogP contribution in [0, 0.1) is 5.41 Å². The molecule has 6 heteroatoms. The highest BCUT2D eigenvalue weighted by atomic mass is 16.5. The van der Waals surface area contributed by atoms with E-state index in [1.165, 1.54) is 13.5 Å². The zero-order valence-electron chi connectivity index (χ0n) is 12.6. The summed E-state index contributed by atoms with van der Waals surface area (Å²) in [6.45, 7) is 4.53. The Morgan fingerprint density at radius 2 is 2.10 bits per heavy atom. The van der Waals surface area contributed by atoms with Gasteiger partial charge in [-0.2, -0.15) is 0 Å². The van der Waals surface area contributed by atoms with E-state index >= 15 is 0 Å². The molecule has 0 aromatic carbocycles. The molecule has 0 aromatic rings. The van der Waals surface area contributed by atoms with Crippen molar-refractivity contribution in [3.05, 3.63) is 0 Å². The summed E-state index contributed by atoms with van der Waals surface area (Å²) in [6, 6.07) is -0.0888. The van der Waals surface area contributed by atoms with Crippen LogP contribution in [-0.4, -0.2) is 42.9 Å². The van der Waals surface area contributed by atoms with Crippen LogP contribution in [0.4, 0.5) is 4.79 Å². The first kappa shape index (κ1) is 16.8. The fraction of sp³-hybridized carbons (Fsp3) is 0.857. The number of urea groups is 1. The molecule has 0 heterocycles. The second-order valence-corrected chi connectivity index (χ2v) is 6.10. The summed E-state index contributed by atoms with van der Waals surface area (Å²) in [5.41, 5.74) is 0.108. The molecule has 0 spiro atoms. The van der Waals surface area contributed by atoms with E-state index in [0.29, 0.717) is 0 Å². The molecule has 0 saturated heterocycles. The zero-order valence-corrected chi connectivity index (χ0v) is 12.6. The highest BCUT2D eigenvalue weighted by Crippen LogP contribution is 2.35. The number of methoxy groups -OCH3 is 1. The predicted molar refractivity (Wildman–Crippen MR) is 75.6 cm³/mol. The second kappa shape index (κ2) is 7.47. The summed E-state index contributed by atoms with van der Waals surface area (Å²) >= 11 is 0. The van der Waals surface area contributed by atoms with Gasteiger partial charge in [0.05, 0.1) is 12.5 Å². The van der Waals surface area contributed by atoms with Crippen LogP contribution in [0.2, 0.25) is 0 Å². The number of nitrogens with one attached hydrogen (secondary N) is 2. The van der Waals surface area contributed by atoms with Gasteiger partial charge in [-0.3, -0.25) is 4.79 Å². The van der Waals surface area contributed by atoms with E-state index < -0.39 is 12.1 Å². The molecule has 2 atom stereocenters. The lowest BCUT2D eigenvalue weighted by atomic mass is 9.73. The number of hydrogen-bond donors (Lipinski definition) is 3. The van der Waals surface area contributed by atoms with E-state index in [4.69, 9.17) is 9.84 Å². The van der Waals surface area contributed by atoms with Crippen molar-refractivity contribution in [3.8, 4) is 0 Å². The smallest absolute Gasteiger partial charge is 0.315 e. The predicted octanol–water partition coefficient (Wildman–Crippen LogP) is 1.74. The highest BCUT2D eigenvalue weighted by Gasteiger charge is 2.33. The van der Waals surface area contributed by atoms with Crippen LogP contribution >= 0.6 is 0 Å². The molecule has 1 saturated carbocycles. The molecule has 2 amide bonds. The van der Waals surface area contributed by atoms with Crippen LogP contribution in [0.1, 0.15) is 46.0 Å². The Morgan fingerprint density at radius 3 is 2.65 bits per heavy atom. The van der Waals surface area contributed by atoms with Crippen molar-refractivity contribution in [1.29, 1.82) is 0 Å². The van der Waals surface area contributed by atoms with Gasteiger partial charge in [-0.05, 0) is 18.3 Å². The van der Waals surface area contributed by atoms with Gasteiger partial charge in [-0.25, -0.2) is 4.79 Å². The van der Waals surface area contributed by atoms with Gasteiger partial charge in [0.1, 0.15) is 0 Å². The second-order valence-electron chi connectivity index (χ2n) is 6.10. The molecule has 1 fully saturated rings. The monoisotopic (exact) mass is 286 g/mol. The van der Waals surface area contributed by atoms with Gasteiger partial charge in [-0.1, -0.05) is 26.7 Å². The lowest BCUT2D eigenvalue weighted by Crippen LogP contribution is -2.51. The number of rotatable bonds is 6. The zero-order chi connectivity index (χ0) is 15.2. The fourth-order valence-electron chi connectivity index (χ4n) is 2.61. The van der Waals surface area contributed by atoms with Crippen molar-refractivity contribution in [2.24, 2.45) is 5.41 Å². The number of amides is 2. The molecule has 0 aromatic heterocycles. The highest BCUT2D eigenvalue weighted by molar-refractivity contribution is 5.74. The normalized spacial score (nSPS) is 22.9. The number of carbonyl (C=O) groups is 2. The van der Waals surface area contributed by atoms with E-state index in [9.17, 15) is 9.59 Å². The molecule has 116 valence electrons. The van der Waals surface area contributed by atoms with Gasteiger partial charge >= 0.3 is 12.0 Å². The molecule has 1 aliphatic rings. The van der Waals surface area contributed by atoms with E-state index in [-0.39, 0.29) is 30.5 Å². The largest absolute Gasteiger partial charge is 0.481 e. The van der Waals surface area contributed by atoms with Crippen molar-refractivity contribution < 1.29 is 19.4 Å². The van der Waals surface area contributed by atoms with Crippen molar-refractivity contribution >= 4 is 12.0 Å². The summed E-state index contributed by atoms with van der Waals surface area (Å²) < 4.78 is 5.02. The molecule has 20 heavy (non-hydrogen) atoms. The lowest BCUT2D eigenvalue weighted by Gasteiger charge is -2.39. The Kier molecular flexibility index (Phi) is 6.26. The van der Waals surface area contributed by atoms with Crippen LogP contribution in [0.25, 0.3) is 0 Å². The minimum absolute atomic E-state index is 0.108. The summed E-state index contributed by atoms with van der Waals surface area (Å²) in [4.78, 5) is 22.5. The van der Waals surface area contributed by atoms with Crippen LogP contribution < -0.4 is 10.6 Å². The van der Waals surface area contributed by atoms with Crippen LogP contribution in [0.15, 0.2) is 0 Å². The molecule has 3 N–H and O–H groups in total. The van der Waals surface area contributed by atoms with E-state index in [0.717, 1.165) is 19.3 Å². The number of carboxylic acids is 1. The Morgan fingerprint density at radius 1 is 1.40 bits per heavy atom. The number of carbonyl (C=O) groups excluding carboxylic acids is 1. The van der Waals surface area contributed by atoms with Crippen molar-refractivity contribution in [2.75, 3.05) is 13.7 Å². The average molecular weight is 286 g/mol. The van der Waals surface area contributed by atoms with E-state index in [1.807, 2.05) is 0 Å². The Labute approximate surface area is 120 Å². The van der Waals surface area contributed by atoms with E-state index in [1.54, 1.807) is 0 Å². The number of hydrogen-bond acceptors (Lipinski definition) is 3. The maximum atomic E-state index is 11.9. The first-order chi connectivity index (χ1) is 9.35. The summed E-state index contributed by atoms with van der Waals surface area (Å²) in [5, 5.41) is 14.4. The molecule has 1 aliphatic carbocycles. The minimum atomic E-state index is -0.938.